The second-order valence-electron chi connectivity index (χ2n) is 7.76. The van der Waals surface area contributed by atoms with E-state index in [1.165, 1.54) is 12.1 Å². The van der Waals surface area contributed by atoms with E-state index in [4.69, 9.17) is 0 Å². The van der Waals surface area contributed by atoms with Gasteiger partial charge in [-0.3, -0.25) is 19.6 Å². The molecule has 0 unspecified atom stereocenters. The normalized spacial score (nSPS) is 10.7. The average molecular weight is 537 g/mol. The van der Waals surface area contributed by atoms with Gasteiger partial charge in [-0.1, -0.05) is 48.5 Å². The number of anilines is 2. The van der Waals surface area contributed by atoms with Crippen LogP contribution in [0.2, 0.25) is 0 Å². The average Bonchev–Trinajstić information content (AvgIpc) is 2.86. The van der Waals surface area contributed by atoms with Crippen molar-refractivity contribution in [3.05, 3.63) is 103 Å². The van der Waals surface area contributed by atoms with Crippen LogP contribution in [0.4, 0.5) is 11.4 Å². The van der Waals surface area contributed by atoms with E-state index >= 15 is 0 Å². The Balaban J connectivity index is 0.00000289. The Labute approximate surface area is 226 Å². The molecule has 2 aromatic heterocycles. The van der Waals surface area contributed by atoms with Gasteiger partial charge in [0.05, 0.1) is 22.4 Å². The molecule has 0 saturated heterocycles. The minimum Gasteiger partial charge on any atom is -0.508 e. The van der Waals surface area contributed by atoms with Gasteiger partial charge in [0, 0.05) is 55.9 Å². The number of fused-ring (bicyclic) bond motifs is 2. The first-order chi connectivity index (χ1) is 16.6. The number of benzene rings is 3. The van der Waals surface area contributed by atoms with Gasteiger partial charge in [0.25, 0.3) is 0 Å². The molecule has 1 radical (unpaired) electrons. The van der Waals surface area contributed by atoms with E-state index in [1.807, 2.05) is 48.5 Å². The summed E-state index contributed by atoms with van der Waals surface area (Å²) in [5.41, 5.74) is 2.70. The molecule has 5 aromatic rings. The van der Waals surface area contributed by atoms with Crippen molar-refractivity contribution in [2.24, 2.45) is 0 Å². The van der Waals surface area contributed by atoms with E-state index in [-0.39, 0.29) is 38.5 Å². The van der Waals surface area contributed by atoms with E-state index in [0.717, 1.165) is 10.8 Å². The maximum absolute atomic E-state index is 13.5. The van der Waals surface area contributed by atoms with Crippen LogP contribution in [0.15, 0.2) is 97.3 Å². The third-order valence-electron chi connectivity index (χ3n) is 5.53. The molecule has 0 atom stereocenters. The number of hydrogen-bond acceptors (Lipinski definition) is 5. The quantitative estimate of drug-likeness (QED) is 0.278. The number of pyridine rings is 2. The van der Waals surface area contributed by atoms with Crippen LogP contribution in [0.1, 0.15) is 11.5 Å². The minimum absolute atomic E-state index is 0. The van der Waals surface area contributed by atoms with Crippen molar-refractivity contribution in [2.45, 2.75) is 5.92 Å². The van der Waals surface area contributed by atoms with Crippen molar-refractivity contribution >= 4 is 45.0 Å². The van der Waals surface area contributed by atoms with Gasteiger partial charge in [-0.05, 0) is 42.0 Å². The number of amides is 2. The van der Waals surface area contributed by atoms with Gasteiger partial charge >= 0.3 is 0 Å². The first-order valence-electron chi connectivity index (χ1n) is 10.7. The summed E-state index contributed by atoms with van der Waals surface area (Å²) >= 11 is 0. The zero-order valence-corrected chi connectivity index (χ0v) is 21.4. The number of rotatable bonds is 5. The van der Waals surface area contributed by atoms with Crippen molar-refractivity contribution in [1.29, 1.82) is 0 Å². The number of nitrogens with zero attached hydrogens (tertiary/aromatic N) is 2. The molecule has 0 aliphatic carbocycles. The van der Waals surface area contributed by atoms with Gasteiger partial charge in [-0.2, -0.15) is 0 Å². The molecule has 7 nitrogen and oxygen atoms in total. The Morgan fingerprint density at radius 3 is 1.60 bits per heavy atom. The van der Waals surface area contributed by atoms with Crippen molar-refractivity contribution < 1.29 is 47.4 Å². The third-order valence-corrected chi connectivity index (χ3v) is 5.53. The van der Waals surface area contributed by atoms with Crippen LogP contribution in [0.5, 0.6) is 5.75 Å². The molecule has 0 spiro atoms. The van der Waals surface area contributed by atoms with Crippen LogP contribution in [-0.4, -0.2) is 26.9 Å². The van der Waals surface area contributed by atoms with Crippen LogP contribution in [0, 0.1) is 0 Å². The fourth-order valence-electron chi connectivity index (χ4n) is 3.91. The van der Waals surface area contributed by atoms with Gasteiger partial charge in [0.15, 0.2) is 0 Å². The molecule has 0 aliphatic rings. The third kappa shape index (κ3) is 5.21. The second-order valence-corrected chi connectivity index (χ2v) is 7.76. The molecule has 0 saturated carbocycles. The van der Waals surface area contributed by atoms with Crippen molar-refractivity contribution in [2.75, 3.05) is 10.6 Å². The van der Waals surface area contributed by atoms with E-state index in [0.29, 0.717) is 28.0 Å². The van der Waals surface area contributed by atoms with Gasteiger partial charge in [0.1, 0.15) is 11.7 Å². The largest absolute Gasteiger partial charge is 0.508 e. The Bertz CT molecular complexity index is 1420. The molecule has 5 rings (SSSR count). The summed E-state index contributed by atoms with van der Waals surface area (Å²) < 4.78 is 0. The summed E-state index contributed by atoms with van der Waals surface area (Å²) in [6, 6.07) is 24.4. The van der Waals surface area contributed by atoms with E-state index < -0.39 is 17.7 Å². The van der Waals surface area contributed by atoms with Crippen LogP contribution in [0.3, 0.4) is 0 Å². The van der Waals surface area contributed by atoms with E-state index in [2.05, 4.69) is 20.6 Å². The zero-order valence-electron chi connectivity index (χ0n) is 18.6. The predicted octanol–water partition coefficient (Wildman–Crippen LogP) is 4.85. The molecule has 2 heterocycles. The van der Waals surface area contributed by atoms with Gasteiger partial charge in [-0.15, -0.1) is 0 Å². The monoisotopic (exact) mass is 537 g/mol. The number of hydrogen-bond donors (Lipinski definition) is 3. The summed E-state index contributed by atoms with van der Waals surface area (Å²) in [6.07, 6.45) is 3.30. The zero-order chi connectivity index (χ0) is 23.5. The van der Waals surface area contributed by atoms with Crippen molar-refractivity contribution in [1.82, 2.24) is 9.97 Å². The second kappa shape index (κ2) is 10.7. The molecule has 0 fully saturated rings. The van der Waals surface area contributed by atoms with E-state index in [9.17, 15) is 14.7 Å². The van der Waals surface area contributed by atoms with E-state index in [1.54, 1.807) is 36.7 Å². The molecular formula is C27H20N4O3Y. The minimum atomic E-state index is -1.18. The number of aromatic hydroxyl groups is 1. The summed E-state index contributed by atoms with van der Waals surface area (Å²) in [7, 11) is 0. The number of nitrogens with one attached hydrogen (secondary N) is 2. The number of phenols is 1. The molecule has 2 amide bonds. The molecule has 0 aliphatic heterocycles. The standard InChI is InChI=1S/C27H20N4O3.Y/c32-20-13-11-17(12-14-20)23(26(33)30-21-9-1-5-18-7-3-15-28-24(18)21)27(34)31-22-10-2-6-19-8-4-16-29-25(19)22;/h1-16,23,32H,(H,30,33)(H,31,34);. The van der Waals surface area contributed by atoms with Crippen LogP contribution < -0.4 is 10.6 Å². The molecule has 35 heavy (non-hydrogen) atoms. The predicted molar refractivity (Wildman–Crippen MR) is 132 cm³/mol. The van der Waals surface area contributed by atoms with Crippen LogP contribution in [-0.2, 0) is 42.3 Å². The number of para-hydroxylation sites is 2. The molecule has 8 heteroatoms. The first-order valence-corrected chi connectivity index (χ1v) is 10.7. The summed E-state index contributed by atoms with van der Waals surface area (Å²) in [5, 5.41) is 17.2. The Hall–Kier alpha value is -3.68. The molecular weight excluding hydrogens is 517 g/mol. The molecule has 169 valence electrons. The Morgan fingerprint density at radius 2 is 1.11 bits per heavy atom. The number of phenolic OH excluding ortho intramolecular Hbond substituents is 1. The summed E-state index contributed by atoms with van der Waals surface area (Å²) in [5.74, 6) is -2.18. The number of carbonyl (C=O) groups excluding carboxylic acids is 2. The number of carbonyl (C=O) groups is 2. The topological polar surface area (TPSA) is 104 Å². The summed E-state index contributed by atoms with van der Waals surface area (Å²) in [6.45, 7) is 0. The fourth-order valence-corrected chi connectivity index (χ4v) is 3.91. The molecule has 3 N–H and O–H groups in total. The van der Waals surface area contributed by atoms with Crippen LogP contribution in [0.25, 0.3) is 21.8 Å². The SMILES string of the molecule is O=C(Nc1cccc2cccnc12)C(C(=O)Nc1cccc2cccnc12)c1ccc(O)cc1.[Y]. The number of aromatic nitrogens is 2. The fraction of sp³-hybridized carbons (Fsp3) is 0.0370. The molecule has 3 aromatic carbocycles. The smallest absolute Gasteiger partial charge is 0.241 e. The van der Waals surface area contributed by atoms with Gasteiger partial charge in [-0.25, -0.2) is 0 Å². The molecule has 0 bridgehead atoms. The van der Waals surface area contributed by atoms with Gasteiger partial charge < -0.3 is 15.7 Å². The van der Waals surface area contributed by atoms with Crippen molar-refractivity contribution in [3.8, 4) is 5.75 Å². The van der Waals surface area contributed by atoms with Gasteiger partial charge in [0.2, 0.25) is 11.8 Å². The Kier molecular flexibility index (Phi) is 7.49. The maximum Gasteiger partial charge on any atom is 0.241 e. The first kappa shape index (κ1) is 24.4. The van der Waals surface area contributed by atoms with Crippen LogP contribution >= 0.6 is 0 Å². The summed E-state index contributed by atoms with van der Waals surface area (Å²) in [4.78, 5) is 35.7. The van der Waals surface area contributed by atoms with Crippen molar-refractivity contribution in [3.63, 3.8) is 0 Å². The Morgan fingerprint density at radius 1 is 0.657 bits per heavy atom. The maximum atomic E-state index is 13.5.